The molecule has 1 aromatic carbocycles. The first kappa shape index (κ1) is 10.6. The maximum Gasteiger partial charge on any atom is 0.295 e. The Morgan fingerprint density at radius 2 is 2.21 bits per heavy atom. The maximum atomic E-state index is 10.8. The van der Waals surface area contributed by atoms with E-state index in [0.29, 0.717) is 5.02 Å². The molecule has 0 heterocycles. The molecule has 14 heavy (non-hydrogen) atoms. The average Bonchev–Trinajstić information content (AvgIpc) is 2.19. The Morgan fingerprint density at radius 1 is 1.50 bits per heavy atom. The van der Waals surface area contributed by atoms with Crippen LogP contribution in [0.1, 0.15) is 11.1 Å². The SMILES string of the molecule is CNC(=O)C#Cc1ccc(C)c(Cl)c1. The van der Waals surface area contributed by atoms with E-state index in [4.69, 9.17) is 11.6 Å². The summed E-state index contributed by atoms with van der Waals surface area (Å²) in [5.41, 5.74) is 1.74. The quantitative estimate of drug-likeness (QED) is 0.646. The fourth-order valence-corrected chi connectivity index (χ4v) is 1.04. The summed E-state index contributed by atoms with van der Waals surface area (Å²) in [5.74, 6) is 4.85. The monoisotopic (exact) mass is 207 g/mol. The molecule has 1 aromatic rings. The minimum atomic E-state index is -0.304. The molecule has 0 aliphatic heterocycles. The molecule has 0 saturated heterocycles. The summed E-state index contributed by atoms with van der Waals surface area (Å²) in [6.45, 7) is 1.91. The number of carbonyl (C=O) groups excluding carboxylic acids is 1. The maximum absolute atomic E-state index is 10.8. The Balaban J connectivity index is 2.91. The van der Waals surface area contributed by atoms with Crippen LogP contribution in [0.2, 0.25) is 5.02 Å². The normalized spacial score (nSPS) is 8.79. The number of amides is 1. The highest BCUT2D eigenvalue weighted by Gasteiger charge is 1.95. The molecule has 72 valence electrons. The molecule has 0 fully saturated rings. The number of hydrogen-bond acceptors (Lipinski definition) is 1. The van der Waals surface area contributed by atoms with E-state index in [2.05, 4.69) is 17.2 Å². The van der Waals surface area contributed by atoms with Crippen molar-refractivity contribution in [2.24, 2.45) is 0 Å². The zero-order valence-corrected chi connectivity index (χ0v) is 8.77. The molecule has 0 aliphatic carbocycles. The molecular formula is C11H10ClNO. The summed E-state index contributed by atoms with van der Waals surface area (Å²) in [7, 11) is 1.54. The van der Waals surface area contributed by atoms with Crippen molar-refractivity contribution < 1.29 is 4.79 Å². The van der Waals surface area contributed by atoms with Gasteiger partial charge in [0, 0.05) is 23.6 Å². The van der Waals surface area contributed by atoms with Crippen molar-refractivity contribution in [3.8, 4) is 11.8 Å². The van der Waals surface area contributed by atoms with Crippen LogP contribution in [0, 0.1) is 18.8 Å². The zero-order chi connectivity index (χ0) is 10.6. The van der Waals surface area contributed by atoms with Crippen molar-refractivity contribution in [2.75, 3.05) is 7.05 Å². The van der Waals surface area contributed by atoms with Gasteiger partial charge in [0.2, 0.25) is 0 Å². The fraction of sp³-hybridized carbons (Fsp3) is 0.182. The van der Waals surface area contributed by atoms with E-state index < -0.39 is 0 Å². The van der Waals surface area contributed by atoms with E-state index in [1.165, 1.54) is 0 Å². The van der Waals surface area contributed by atoms with Crippen LogP contribution in [0.3, 0.4) is 0 Å². The minimum Gasteiger partial charge on any atom is -0.348 e. The van der Waals surface area contributed by atoms with Crippen molar-refractivity contribution in [3.05, 3.63) is 34.3 Å². The molecule has 0 spiro atoms. The van der Waals surface area contributed by atoms with Crippen LogP contribution in [0.15, 0.2) is 18.2 Å². The van der Waals surface area contributed by atoms with Crippen LogP contribution in [0.4, 0.5) is 0 Å². The molecule has 0 atom stereocenters. The van der Waals surface area contributed by atoms with Crippen LogP contribution in [-0.4, -0.2) is 13.0 Å². The highest BCUT2D eigenvalue weighted by molar-refractivity contribution is 6.31. The Labute approximate surface area is 88.3 Å². The highest BCUT2D eigenvalue weighted by atomic mass is 35.5. The van der Waals surface area contributed by atoms with Gasteiger partial charge >= 0.3 is 0 Å². The number of halogens is 1. The number of rotatable bonds is 0. The summed E-state index contributed by atoms with van der Waals surface area (Å²) in [6, 6.07) is 5.44. The third kappa shape index (κ3) is 2.79. The number of carbonyl (C=O) groups is 1. The third-order valence-electron chi connectivity index (χ3n) is 1.72. The Bertz CT molecular complexity index is 415. The molecular weight excluding hydrogens is 198 g/mol. The summed E-state index contributed by atoms with van der Waals surface area (Å²) < 4.78 is 0. The van der Waals surface area contributed by atoms with E-state index in [0.717, 1.165) is 11.1 Å². The summed E-state index contributed by atoms with van der Waals surface area (Å²) in [6.07, 6.45) is 0. The van der Waals surface area contributed by atoms with Gasteiger partial charge in [0.1, 0.15) is 0 Å². The predicted octanol–water partition coefficient (Wildman–Crippen LogP) is 1.75. The van der Waals surface area contributed by atoms with Crippen LogP contribution in [0.5, 0.6) is 0 Å². The van der Waals surface area contributed by atoms with Crippen LogP contribution in [-0.2, 0) is 4.79 Å². The topological polar surface area (TPSA) is 29.1 Å². The van der Waals surface area contributed by atoms with Crippen LogP contribution < -0.4 is 5.32 Å². The Morgan fingerprint density at radius 3 is 2.79 bits per heavy atom. The van der Waals surface area contributed by atoms with Gasteiger partial charge in [-0.1, -0.05) is 23.6 Å². The molecule has 0 saturated carbocycles. The van der Waals surface area contributed by atoms with Gasteiger partial charge in [-0.3, -0.25) is 4.79 Å². The molecule has 2 nitrogen and oxygen atoms in total. The van der Waals surface area contributed by atoms with Gasteiger partial charge in [-0.05, 0) is 24.6 Å². The Hall–Kier alpha value is -1.46. The van der Waals surface area contributed by atoms with Gasteiger partial charge in [-0.2, -0.15) is 0 Å². The predicted molar refractivity (Wildman–Crippen MR) is 57.1 cm³/mol. The van der Waals surface area contributed by atoms with Gasteiger partial charge in [0.15, 0.2) is 0 Å². The van der Waals surface area contributed by atoms with Gasteiger partial charge < -0.3 is 5.32 Å². The highest BCUT2D eigenvalue weighted by Crippen LogP contribution is 2.15. The minimum absolute atomic E-state index is 0.304. The largest absolute Gasteiger partial charge is 0.348 e. The zero-order valence-electron chi connectivity index (χ0n) is 8.02. The van der Waals surface area contributed by atoms with Crippen LogP contribution >= 0.6 is 11.6 Å². The van der Waals surface area contributed by atoms with E-state index >= 15 is 0 Å². The van der Waals surface area contributed by atoms with Crippen LogP contribution in [0.25, 0.3) is 0 Å². The molecule has 0 aliphatic rings. The number of hydrogen-bond donors (Lipinski definition) is 1. The summed E-state index contributed by atoms with van der Waals surface area (Å²) in [5, 5.41) is 3.08. The first-order valence-electron chi connectivity index (χ1n) is 4.13. The number of nitrogens with one attached hydrogen (secondary N) is 1. The number of benzene rings is 1. The molecule has 0 aromatic heterocycles. The van der Waals surface area contributed by atoms with Gasteiger partial charge in [0.05, 0.1) is 0 Å². The molecule has 1 amide bonds. The second-order valence-electron chi connectivity index (χ2n) is 2.79. The first-order chi connectivity index (χ1) is 6.63. The standard InChI is InChI=1S/C11H10ClNO/c1-8-3-4-9(7-10(8)12)5-6-11(14)13-2/h3-4,7H,1-2H3,(H,13,14). The van der Waals surface area contributed by atoms with Crippen molar-refractivity contribution in [2.45, 2.75) is 6.92 Å². The number of aryl methyl sites for hydroxylation is 1. The lowest BCUT2D eigenvalue weighted by Crippen LogP contribution is -2.14. The van der Waals surface area contributed by atoms with Gasteiger partial charge in [-0.15, -0.1) is 0 Å². The molecule has 3 heteroatoms. The van der Waals surface area contributed by atoms with Gasteiger partial charge in [-0.25, -0.2) is 0 Å². The lowest BCUT2D eigenvalue weighted by Gasteiger charge is -1.96. The fourth-order valence-electron chi connectivity index (χ4n) is 0.862. The molecule has 0 unspecified atom stereocenters. The molecule has 1 rings (SSSR count). The van der Waals surface area contributed by atoms with E-state index in [9.17, 15) is 4.79 Å². The Kier molecular flexibility index (Phi) is 3.55. The summed E-state index contributed by atoms with van der Waals surface area (Å²) >= 11 is 5.89. The van der Waals surface area contributed by atoms with Crippen molar-refractivity contribution in [1.29, 1.82) is 0 Å². The third-order valence-corrected chi connectivity index (χ3v) is 2.13. The van der Waals surface area contributed by atoms with E-state index in [1.807, 2.05) is 19.1 Å². The lowest BCUT2D eigenvalue weighted by atomic mass is 10.1. The first-order valence-corrected chi connectivity index (χ1v) is 4.51. The smallest absolute Gasteiger partial charge is 0.295 e. The summed E-state index contributed by atoms with van der Waals surface area (Å²) in [4.78, 5) is 10.8. The van der Waals surface area contributed by atoms with Gasteiger partial charge in [0.25, 0.3) is 5.91 Å². The second-order valence-corrected chi connectivity index (χ2v) is 3.20. The van der Waals surface area contributed by atoms with Crippen molar-refractivity contribution >= 4 is 17.5 Å². The van der Waals surface area contributed by atoms with Crippen molar-refractivity contribution in [1.82, 2.24) is 5.32 Å². The van der Waals surface area contributed by atoms with Crippen molar-refractivity contribution in [3.63, 3.8) is 0 Å². The molecule has 1 N–H and O–H groups in total. The average molecular weight is 208 g/mol. The molecule has 0 radical (unpaired) electrons. The lowest BCUT2D eigenvalue weighted by molar-refractivity contribution is -0.115. The molecule has 0 bridgehead atoms. The second kappa shape index (κ2) is 4.69. The van der Waals surface area contributed by atoms with E-state index in [1.54, 1.807) is 13.1 Å². The van der Waals surface area contributed by atoms with E-state index in [-0.39, 0.29) is 5.91 Å².